The predicted octanol–water partition coefficient (Wildman–Crippen LogP) is 1.06. The van der Waals surface area contributed by atoms with Gasteiger partial charge in [-0.3, -0.25) is 0 Å². The van der Waals surface area contributed by atoms with E-state index < -0.39 is 0 Å². The standard InChI is InChI=1S/C11H18N4O/c1-2-16-9-3-5-15(6-4-9)11-10(12)7-13-8-14-11/h7-9H,2-6,12H2,1H3. The molecule has 0 aliphatic carbocycles. The maximum Gasteiger partial charge on any atom is 0.155 e. The molecule has 1 aliphatic heterocycles. The third-order valence-electron chi connectivity index (χ3n) is 2.86. The minimum atomic E-state index is 0.393. The first-order valence-electron chi connectivity index (χ1n) is 5.73. The van der Waals surface area contributed by atoms with Crippen LogP contribution in [0.4, 0.5) is 11.5 Å². The topological polar surface area (TPSA) is 64.3 Å². The highest BCUT2D eigenvalue weighted by Crippen LogP contribution is 2.23. The van der Waals surface area contributed by atoms with Crippen molar-refractivity contribution in [1.82, 2.24) is 9.97 Å². The molecule has 1 saturated heterocycles. The quantitative estimate of drug-likeness (QED) is 0.828. The molecule has 0 radical (unpaired) electrons. The molecule has 2 rings (SSSR count). The van der Waals surface area contributed by atoms with E-state index in [-0.39, 0.29) is 0 Å². The summed E-state index contributed by atoms with van der Waals surface area (Å²) in [6, 6.07) is 0. The van der Waals surface area contributed by atoms with Crippen LogP contribution >= 0.6 is 0 Å². The lowest BCUT2D eigenvalue weighted by Gasteiger charge is -2.32. The number of nitrogens with two attached hydrogens (primary N) is 1. The number of piperidine rings is 1. The largest absolute Gasteiger partial charge is 0.394 e. The van der Waals surface area contributed by atoms with Crippen molar-refractivity contribution in [3.05, 3.63) is 12.5 Å². The molecular formula is C11H18N4O. The number of hydrogen-bond acceptors (Lipinski definition) is 5. The Labute approximate surface area is 95.6 Å². The monoisotopic (exact) mass is 222 g/mol. The molecule has 0 atom stereocenters. The third-order valence-corrected chi connectivity index (χ3v) is 2.86. The van der Waals surface area contributed by atoms with Crippen molar-refractivity contribution < 1.29 is 4.74 Å². The summed E-state index contributed by atoms with van der Waals surface area (Å²) in [5.41, 5.74) is 6.50. The fourth-order valence-electron chi connectivity index (χ4n) is 2.07. The highest BCUT2D eigenvalue weighted by Gasteiger charge is 2.21. The Morgan fingerprint density at radius 2 is 2.25 bits per heavy atom. The summed E-state index contributed by atoms with van der Waals surface area (Å²) in [6.45, 7) is 4.73. The molecule has 0 amide bonds. The Bertz CT molecular complexity index is 337. The molecule has 88 valence electrons. The van der Waals surface area contributed by atoms with Gasteiger partial charge in [-0.25, -0.2) is 9.97 Å². The zero-order valence-corrected chi connectivity index (χ0v) is 9.59. The first-order chi connectivity index (χ1) is 7.81. The number of ether oxygens (including phenoxy) is 1. The van der Waals surface area contributed by atoms with Crippen LogP contribution in [-0.2, 0) is 4.74 Å². The molecule has 0 unspecified atom stereocenters. The Hall–Kier alpha value is -1.36. The minimum Gasteiger partial charge on any atom is -0.394 e. The molecule has 1 aromatic heterocycles. The van der Waals surface area contributed by atoms with Crippen LogP contribution in [0.5, 0.6) is 0 Å². The van der Waals surface area contributed by atoms with Crippen molar-refractivity contribution in [2.75, 3.05) is 30.3 Å². The number of nitrogens with zero attached hydrogens (tertiary/aromatic N) is 3. The first kappa shape index (κ1) is 11.1. The van der Waals surface area contributed by atoms with E-state index in [4.69, 9.17) is 10.5 Å². The zero-order chi connectivity index (χ0) is 11.4. The van der Waals surface area contributed by atoms with Crippen LogP contribution in [-0.4, -0.2) is 35.8 Å². The van der Waals surface area contributed by atoms with E-state index in [1.165, 1.54) is 0 Å². The van der Waals surface area contributed by atoms with Crippen molar-refractivity contribution in [2.24, 2.45) is 0 Å². The van der Waals surface area contributed by atoms with E-state index in [2.05, 4.69) is 14.9 Å². The van der Waals surface area contributed by atoms with E-state index in [0.717, 1.165) is 38.4 Å². The van der Waals surface area contributed by atoms with Gasteiger partial charge in [-0.1, -0.05) is 0 Å². The van der Waals surface area contributed by atoms with Gasteiger partial charge in [0.15, 0.2) is 5.82 Å². The van der Waals surface area contributed by atoms with E-state index in [1.54, 1.807) is 12.5 Å². The number of hydrogen-bond donors (Lipinski definition) is 1. The van der Waals surface area contributed by atoms with Gasteiger partial charge in [0.05, 0.1) is 18.0 Å². The van der Waals surface area contributed by atoms with Crippen LogP contribution in [0.25, 0.3) is 0 Å². The van der Waals surface area contributed by atoms with Crippen molar-refractivity contribution >= 4 is 11.5 Å². The van der Waals surface area contributed by atoms with Crippen LogP contribution in [0.3, 0.4) is 0 Å². The summed E-state index contributed by atoms with van der Waals surface area (Å²) >= 11 is 0. The molecule has 1 fully saturated rings. The van der Waals surface area contributed by atoms with E-state index in [0.29, 0.717) is 11.8 Å². The summed E-state index contributed by atoms with van der Waals surface area (Å²) in [7, 11) is 0. The highest BCUT2D eigenvalue weighted by atomic mass is 16.5. The first-order valence-corrected chi connectivity index (χ1v) is 5.73. The lowest BCUT2D eigenvalue weighted by atomic mass is 10.1. The normalized spacial score (nSPS) is 17.7. The summed E-state index contributed by atoms with van der Waals surface area (Å²) in [5.74, 6) is 0.852. The Kier molecular flexibility index (Phi) is 3.56. The number of nitrogen functional groups attached to an aromatic ring is 1. The molecule has 2 N–H and O–H groups in total. The van der Waals surface area contributed by atoms with Gasteiger partial charge < -0.3 is 15.4 Å². The van der Waals surface area contributed by atoms with E-state index in [9.17, 15) is 0 Å². The fraction of sp³-hybridized carbons (Fsp3) is 0.636. The molecule has 5 heteroatoms. The van der Waals surface area contributed by atoms with Gasteiger partial charge in [-0.15, -0.1) is 0 Å². The Morgan fingerprint density at radius 1 is 1.50 bits per heavy atom. The van der Waals surface area contributed by atoms with Gasteiger partial charge in [0.25, 0.3) is 0 Å². The Balaban J connectivity index is 1.96. The molecule has 0 spiro atoms. The lowest BCUT2D eigenvalue weighted by molar-refractivity contribution is 0.0458. The predicted molar refractivity (Wildman–Crippen MR) is 63.3 cm³/mol. The van der Waals surface area contributed by atoms with Crippen LogP contribution in [0.15, 0.2) is 12.5 Å². The number of aromatic nitrogens is 2. The second-order valence-electron chi connectivity index (χ2n) is 3.94. The zero-order valence-electron chi connectivity index (χ0n) is 9.59. The van der Waals surface area contributed by atoms with E-state index in [1.807, 2.05) is 6.92 Å². The Morgan fingerprint density at radius 3 is 2.88 bits per heavy atom. The summed E-state index contributed by atoms with van der Waals surface area (Å²) in [6.07, 6.45) is 5.66. The van der Waals surface area contributed by atoms with Crippen LogP contribution < -0.4 is 10.6 Å². The van der Waals surface area contributed by atoms with Crippen molar-refractivity contribution in [2.45, 2.75) is 25.9 Å². The fourth-order valence-corrected chi connectivity index (χ4v) is 2.07. The molecule has 1 aliphatic rings. The SMILES string of the molecule is CCOC1CCN(c2ncncc2N)CC1. The molecule has 0 aromatic carbocycles. The van der Waals surface area contributed by atoms with Crippen molar-refractivity contribution in [3.63, 3.8) is 0 Å². The van der Waals surface area contributed by atoms with Crippen molar-refractivity contribution in [3.8, 4) is 0 Å². The van der Waals surface area contributed by atoms with Gasteiger partial charge in [0, 0.05) is 19.7 Å². The number of anilines is 2. The smallest absolute Gasteiger partial charge is 0.155 e. The summed E-state index contributed by atoms with van der Waals surface area (Å²) in [5, 5.41) is 0. The second kappa shape index (κ2) is 5.12. The molecule has 5 nitrogen and oxygen atoms in total. The molecule has 1 aromatic rings. The second-order valence-corrected chi connectivity index (χ2v) is 3.94. The maximum absolute atomic E-state index is 5.85. The number of rotatable bonds is 3. The van der Waals surface area contributed by atoms with Crippen LogP contribution in [0, 0.1) is 0 Å². The third kappa shape index (κ3) is 2.41. The highest BCUT2D eigenvalue weighted by molar-refractivity contribution is 5.60. The van der Waals surface area contributed by atoms with E-state index >= 15 is 0 Å². The summed E-state index contributed by atoms with van der Waals surface area (Å²) in [4.78, 5) is 10.3. The average Bonchev–Trinajstić information content (AvgIpc) is 2.31. The minimum absolute atomic E-state index is 0.393. The lowest BCUT2D eigenvalue weighted by Crippen LogP contribution is -2.37. The molecule has 16 heavy (non-hydrogen) atoms. The van der Waals surface area contributed by atoms with Gasteiger partial charge in [-0.05, 0) is 19.8 Å². The molecule has 0 saturated carbocycles. The van der Waals surface area contributed by atoms with Gasteiger partial charge in [-0.2, -0.15) is 0 Å². The molecular weight excluding hydrogens is 204 g/mol. The average molecular weight is 222 g/mol. The van der Waals surface area contributed by atoms with Crippen molar-refractivity contribution in [1.29, 1.82) is 0 Å². The van der Waals surface area contributed by atoms with Gasteiger partial charge in [0.1, 0.15) is 6.33 Å². The maximum atomic E-state index is 5.85. The van der Waals surface area contributed by atoms with Crippen LogP contribution in [0.1, 0.15) is 19.8 Å². The van der Waals surface area contributed by atoms with Crippen LogP contribution in [0.2, 0.25) is 0 Å². The molecule has 2 heterocycles. The van der Waals surface area contributed by atoms with Gasteiger partial charge >= 0.3 is 0 Å². The molecule has 0 bridgehead atoms. The van der Waals surface area contributed by atoms with Gasteiger partial charge in [0.2, 0.25) is 0 Å². The summed E-state index contributed by atoms with van der Waals surface area (Å²) < 4.78 is 5.61.